The van der Waals surface area contributed by atoms with Gasteiger partial charge in [0.25, 0.3) is 0 Å². The molecule has 1 aliphatic rings. The van der Waals surface area contributed by atoms with Crippen LogP contribution < -0.4 is 0 Å². The number of nitrogens with zero attached hydrogens (tertiary/aromatic N) is 1. The molecule has 0 spiro atoms. The van der Waals surface area contributed by atoms with Gasteiger partial charge < -0.3 is 4.74 Å². The Labute approximate surface area is 102 Å². The quantitative estimate of drug-likeness (QED) is 0.736. The highest BCUT2D eigenvalue weighted by molar-refractivity contribution is 9.09. The molecule has 1 atom stereocenters. The van der Waals surface area contributed by atoms with Gasteiger partial charge in [0.1, 0.15) is 0 Å². The van der Waals surface area contributed by atoms with Crippen LogP contribution in [0.15, 0.2) is 0 Å². The summed E-state index contributed by atoms with van der Waals surface area (Å²) in [7, 11) is 0. The fraction of sp³-hybridized carbons (Fsp3) is 1.00. The average Bonchev–Trinajstić information content (AvgIpc) is 1.97. The first-order valence-corrected chi connectivity index (χ1v) is 6.85. The standard InChI is InChI=1S/C12H24BrNO/c1-10(6-13)7-14-8-11(2,3)15-12(4,5)9-14/h10H,6-9H2,1-5H3. The van der Waals surface area contributed by atoms with E-state index >= 15 is 0 Å². The van der Waals surface area contributed by atoms with Crippen LogP contribution in [0.1, 0.15) is 34.6 Å². The molecule has 0 saturated carbocycles. The summed E-state index contributed by atoms with van der Waals surface area (Å²) in [6.07, 6.45) is 0. The zero-order valence-corrected chi connectivity index (χ0v) is 12.2. The van der Waals surface area contributed by atoms with Crippen LogP contribution in [-0.2, 0) is 4.74 Å². The highest BCUT2D eigenvalue weighted by Crippen LogP contribution is 2.28. The lowest BCUT2D eigenvalue weighted by Crippen LogP contribution is -2.57. The summed E-state index contributed by atoms with van der Waals surface area (Å²) in [5.41, 5.74) is -0.0401. The van der Waals surface area contributed by atoms with E-state index in [4.69, 9.17) is 4.74 Å². The van der Waals surface area contributed by atoms with Crippen LogP contribution in [0.2, 0.25) is 0 Å². The molecule has 0 amide bonds. The number of ether oxygens (including phenoxy) is 1. The van der Waals surface area contributed by atoms with Gasteiger partial charge in [-0.15, -0.1) is 0 Å². The second kappa shape index (κ2) is 4.72. The Morgan fingerprint density at radius 2 is 1.67 bits per heavy atom. The molecular weight excluding hydrogens is 254 g/mol. The van der Waals surface area contributed by atoms with Gasteiger partial charge >= 0.3 is 0 Å². The van der Waals surface area contributed by atoms with E-state index < -0.39 is 0 Å². The SMILES string of the molecule is CC(CBr)CN1CC(C)(C)OC(C)(C)C1. The normalized spacial score (nSPS) is 27.6. The second-order valence-electron chi connectivity index (χ2n) is 6.05. The van der Waals surface area contributed by atoms with Gasteiger partial charge in [-0.25, -0.2) is 0 Å². The molecule has 0 N–H and O–H groups in total. The van der Waals surface area contributed by atoms with E-state index in [1.54, 1.807) is 0 Å². The van der Waals surface area contributed by atoms with Gasteiger partial charge in [0.15, 0.2) is 0 Å². The molecule has 1 saturated heterocycles. The summed E-state index contributed by atoms with van der Waals surface area (Å²) in [5.74, 6) is 0.703. The van der Waals surface area contributed by atoms with E-state index in [0.717, 1.165) is 25.0 Å². The fourth-order valence-electron chi connectivity index (χ4n) is 2.56. The second-order valence-corrected chi connectivity index (χ2v) is 6.70. The molecule has 1 rings (SSSR count). The minimum Gasteiger partial charge on any atom is -0.367 e. The number of alkyl halides is 1. The third-order valence-corrected chi connectivity index (χ3v) is 3.70. The highest BCUT2D eigenvalue weighted by atomic mass is 79.9. The average molecular weight is 278 g/mol. The first-order valence-electron chi connectivity index (χ1n) is 5.73. The van der Waals surface area contributed by atoms with Crippen molar-refractivity contribution < 1.29 is 4.74 Å². The van der Waals surface area contributed by atoms with E-state index in [2.05, 4.69) is 55.4 Å². The molecule has 1 aliphatic heterocycles. The van der Waals surface area contributed by atoms with Crippen molar-refractivity contribution in [2.24, 2.45) is 5.92 Å². The molecule has 1 heterocycles. The zero-order chi connectivity index (χ0) is 11.7. The molecule has 0 aliphatic carbocycles. The molecule has 0 aromatic carbocycles. The highest BCUT2D eigenvalue weighted by Gasteiger charge is 2.38. The Morgan fingerprint density at radius 1 is 1.20 bits per heavy atom. The Morgan fingerprint density at radius 3 is 2.07 bits per heavy atom. The van der Waals surface area contributed by atoms with Gasteiger partial charge in [0.05, 0.1) is 11.2 Å². The molecule has 3 heteroatoms. The van der Waals surface area contributed by atoms with Crippen molar-refractivity contribution in [1.29, 1.82) is 0 Å². The van der Waals surface area contributed by atoms with Gasteiger partial charge in [-0.2, -0.15) is 0 Å². The predicted octanol–water partition coefficient (Wildman–Crippen LogP) is 2.91. The lowest BCUT2D eigenvalue weighted by molar-refractivity contribution is -0.181. The van der Waals surface area contributed by atoms with Gasteiger partial charge in [0.2, 0.25) is 0 Å². The number of rotatable bonds is 3. The topological polar surface area (TPSA) is 12.5 Å². The Bertz CT molecular complexity index is 200. The van der Waals surface area contributed by atoms with Gasteiger partial charge in [-0.05, 0) is 33.6 Å². The number of morpholine rings is 1. The lowest BCUT2D eigenvalue weighted by Gasteiger charge is -2.47. The molecule has 0 aromatic heterocycles. The summed E-state index contributed by atoms with van der Waals surface area (Å²) >= 11 is 3.54. The molecule has 0 bridgehead atoms. The monoisotopic (exact) mass is 277 g/mol. The molecule has 90 valence electrons. The molecule has 15 heavy (non-hydrogen) atoms. The predicted molar refractivity (Wildman–Crippen MR) is 68.6 cm³/mol. The minimum atomic E-state index is -0.0201. The van der Waals surface area contributed by atoms with Gasteiger partial charge in [0, 0.05) is 25.0 Å². The van der Waals surface area contributed by atoms with E-state index in [1.165, 1.54) is 0 Å². The maximum absolute atomic E-state index is 6.05. The Kier molecular flexibility index (Phi) is 4.24. The lowest BCUT2D eigenvalue weighted by atomic mass is 9.98. The van der Waals surface area contributed by atoms with Crippen molar-refractivity contribution >= 4 is 15.9 Å². The van der Waals surface area contributed by atoms with Crippen molar-refractivity contribution in [3.8, 4) is 0 Å². The summed E-state index contributed by atoms with van der Waals surface area (Å²) in [4.78, 5) is 2.52. The molecule has 0 aromatic rings. The molecule has 2 nitrogen and oxygen atoms in total. The molecule has 1 fully saturated rings. The number of halogens is 1. The zero-order valence-electron chi connectivity index (χ0n) is 10.6. The van der Waals surface area contributed by atoms with Crippen molar-refractivity contribution in [2.75, 3.05) is 25.0 Å². The third kappa shape index (κ3) is 4.41. The summed E-state index contributed by atoms with van der Waals surface area (Å²) < 4.78 is 6.05. The largest absolute Gasteiger partial charge is 0.367 e. The first-order chi connectivity index (χ1) is 6.74. The smallest absolute Gasteiger partial charge is 0.0760 e. The van der Waals surface area contributed by atoms with Crippen LogP contribution in [0, 0.1) is 5.92 Å². The van der Waals surface area contributed by atoms with Gasteiger partial charge in [-0.3, -0.25) is 4.90 Å². The van der Waals surface area contributed by atoms with E-state index in [-0.39, 0.29) is 11.2 Å². The van der Waals surface area contributed by atoms with Crippen LogP contribution in [0.3, 0.4) is 0 Å². The third-order valence-electron chi connectivity index (χ3n) is 2.59. The van der Waals surface area contributed by atoms with Gasteiger partial charge in [-0.1, -0.05) is 22.9 Å². The molecular formula is C12H24BrNO. The van der Waals surface area contributed by atoms with Crippen molar-refractivity contribution in [3.63, 3.8) is 0 Å². The van der Waals surface area contributed by atoms with E-state index in [9.17, 15) is 0 Å². The number of hydrogen-bond acceptors (Lipinski definition) is 2. The van der Waals surface area contributed by atoms with E-state index in [0.29, 0.717) is 5.92 Å². The molecule has 0 radical (unpaired) electrons. The van der Waals surface area contributed by atoms with Crippen molar-refractivity contribution in [1.82, 2.24) is 4.90 Å². The number of hydrogen-bond donors (Lipinski definition) is 0. The van der Waals surface area contributed by atoms with Crippen molar-refractivity contribution in [2.45, 2.75) is 45.8 Å². The summed E-state index contributed by atoms with van der Waals surface area (Å²) in [6.45, 7) is 14.2. The van der Waals surface area contributed by atoms with Crippen LogP contribution in [0.5, 0.6) is 0 Å². The van der Waals surface area contributed by atoms with Crippen LogP contribution in [0.4, 0.5) is 0 Å². The minimum absolute atomic E-state index is 0.0201. The van der Waals surface area contributed by atoms with Crippen molar-refractivity contribution in [3.05, 3.63) is 0 Å². The summed E-state index contributed by atoms with van der Waals surface area (Å²) in [6, 6.07) is 0. The van der Waals surface area contributed by atoms with E-state index in [1.807, 2.05) is 0 Å². The van der Waals surface area contributed by atoms with Crippen LogP contribution in [0.25, 0.3) is 0 Å². The maximum Gasteiger partial charge on any atom is 0.0760 e. The Hall–Kier alpha value is 0.400. The Balaban J connectivity index is 2.59. The first kappa shape index (κ1) is 13.5. The molecule has 1 unspecified atom stereocenters. The van der Waals surface area contributed by atoms with Crippen LogP contribution >= 0.6 is 15.9 Å². The van der Waals surface area contributed by atoms with Crippen LogP contribution in [-0.4, -0.2) is 41.1 Å². The summed E-state index contributed by atoms with van der Waals surface area (Å²) in [5, 5.41) is 1.07. The maximum atomic E-state index is 6.05. The fourth-order valence-corrected chi connectivity index (χ4v) is 2.77.